The first-order chi connectivity index (χ1) is 7.13. The summed E-state index contributed by atoms with van der Waals surface area (Å²) in [6.45, 7) is 0.0275. The van der Waals surface area contributed by atoms with Gasteiger partial charge in [-0.1, -0.05) is 12.1 Å². The Kier molecular flexibility index (Phi) is 3.50. The molecule has 0 unspecified atom stereocenters. The molecule has 0 fully saturated rings. The molecule has 0 amide bonds. The van der Waals surface area contributed by atoms with Crippen LogP contribution < -0.4 is 0 Å². The normalized spacial score (nSPS) is 9.33. The molecule has 6 nitrogen and oxygen atoms in total. The van der Waals surface area contributed by atoms with E-state index < -0.39 is 10.9 Å². The first-order valence-electron chi connectivity index (χ1n) is 4.00. The van der Waals surface area contributed by atoms with Gasteiger partial charge in [0, 0.05) is 12.1 Å². The Morgan fingerprint density at radius 3 is 2.87 bits per heavy atom. The maximum atomic E-state index is 10.9. The van der Waals surface area contributed by atoms with Crippen LogP contribution in [-0.4, -0.2) is 17.4 Å². The maximum absolute atomic E-state index is 10.9. The Bertz CT molecular complexity index is 401. The Morgan fingerprint density at radius 1 is 1.53 bits per heavy atom. The molecule has 0 saturated carbocycles. The Balaban J connectivity index is 2.77. The number of nitro benzene ring substituents is 1. The third kappa shape index (κ3) is 3.18. The van der Waals surface area contributed by atoms with Crippen LogP contribution in [0, 0.1) is 10.1 Å². The minimum atomic E-state index is -0.745. The molecule has 0 aromatic heterocycles. The summed E-state index contributed by atoms with van der Waals surface area (Å²) in [4.78, 5) is 30.5. The number of ether oxygens (including phenoxy) is 1. The lowest BCUT2D eigenvalue weighted by molar-refractivity contribution is -0.384. The van der Waals surface area contributed by atoms with E-state index in [-0.39, 0.29) is 18.6 Å². The number of rotatable bonds is 4. The van der Waals surface area contributed by atoms with Gasteiger partial charge in [-0.15, -0.1) is 0 Å². The van der Waals surface area contributed by atoms with Crippen LogP contribution in [0.1, 0.15) is 5.56 Å². The molecule has 1 aromatic rings. The molecule has 0 N–H and O–H groups in total. The van der Waals surface area contributed by atoms with Gasteiger partial charge in [-0.3, -0.25) is 19.7 Å². The zero-order valence-electron chi connectivity index (χ0n) is 7.58. The van der Waals surface area contributed by atoms with E-state index in [2.05, 4.69) is 4.74 Å². The van der Waals surface area contributed by atoms with Crippen molar-refractivity contribution in [3.05, 3.63) is 39.9 Å². The van der Waals surface area contributed by atoms with E-state index in [9.17, 15) is 19.7 Å². The van der Waals surface area contributed by atoms with Crippen molar-refractivity contribution in [2.24, 2.45) is 0 Å². The highest BCUT2D eigenvalue weighted by molar-refractivity contribution is 5.78. The van der Waals surface area contributed by atoms with E-state index in [1.54, 1.807) is 6.07 Å². The van der Waals surface area contributed by atoms with E-state index in [1.807, 2.05) is 0 Å². The number of nitro groups is 1. The lowest BCUT2D eigenvalue weighted by Crippen LogP contribution is -2.06. The fraction of sp³-hybridized carbons (Fsp3) is 0.111. The van der Waals surface area contributed by atoms with E-state index >= 15 is 0 Å². The molecule has 0 atom stereocenters. The topological polar surface area (TPSA) is 86.5 Å². The van der Waals surface area contributed by atoms with Gasteiger partial charge in [0.05, 0.1) is 11.3 Å². The van der Waals surface area contributed by atoms with Crippen LogP contribution in [0.4, 0.5) is 5.69 Å². The van der Waals surface area contributed by atoms with Crippen molar-refractivity contribution in [2.45, 2.75) is 6.42 Å². The van der Waals surface area contributed by atoms with Gasteiger partial charge in [-0.05, 0) is 5.56 Å². The van der Waals surface area contributed by atoms with Crippen molar-refractivity contribution in [2.75, 3.05) is 0 Å². The quantitative estimate of drug-likeness (QED) is 0.241. The second kappa shape index (κ2) is 4.85. The van der Waals surface area contributed by atoms with Crippen molar-refractivity contribution in [3.8, 4) is 0 Å². The summed E-state index contributed by atoms with van der Waals surface area (Å²) < 4.78 is 4.06. The van der Waals surface area contributed by atoms with Crippen LogP contribution in [0.5, 0.6) is 0 Å². The number of non-ortho nitro benzene ring substituents is 1. The summed E-state index contributed by atoms with van der Waals surface area (Å²) in [6.07, 6.45) is -0.166. The molecule has 0 radical (unpaired) electrons. The van der Waals surface area contributed by atoms with Crippen LogP contribution in [0.25, 0.3) is 0 Å². The molecular weight excluding hydrogens is 202 g/mol. The third-order valence-corrected chi connectivity index (χ3v) is 1.65. The predicted octanol–water partition coefficient (Wildman–Crippen LogP) is 0.837. The summed E-state index contributed by atoms with van der Waals surface area (Å²) in [7, 11) is 0. The lowest BCUT2D eigenvalue weighted by Gasteiger charge is -1.98. The molecule has 1 rings (SSSR count). The first-order valence-corrected chi connectivity index (χ1v) is 4.00. The molecule has 0 aliphatic rings. The van der Waals surface area contributed by atoms with Crippen molar-refractivity contribution >= 4 is 18.1 Å². The number of carbonyl (C=O) groups is 2. The Morgan fingerprint density at radius 2 is 2.27 bits per heavy atom. The third-order valence-electron chi connectivity index (χ3n) is 1.65. The second-order valence-corrected chi connectivity index (χ2v) is 2.69. The number of esters is 1. The van der Waals surface area contributed by atoms with Gasteiger partial charge in [0.1, 0.15) is 0 Å². The molecule has 1 aromatic carbocycles. The first kappa shape index (κ1) is 10.8. The highest BCUT2D eigenvalue weighted by Crippen LogP contribution is 2.13. The highest BCUT2D eigenvalue weighted by Gasteiger charge is 2.09. The molecule has 78 valence electrons. The average molecular weight is 209 g/mol. The Hall–Kier alpha value is -2.24. The fourth-order valence-electron chi connectivity index (χ4n) is 1.04. The summed E-state index contributed by atoms with van der Waals surface area (Å²) in [5, 5.41) is 10.4. The fourth-order valence-corrected chi connectivity index (χ4v) is 1.04. The number of hydrogen-bond donors (Lipinski definition) is 0. The minimum absolute atomic E-state index is 0.0275. The van der Waals surface area contributed by atoms with Gasteiger partial charge >= 0.3 is 12.4 Å². The van der Waals surface area contributed by atoms with E-state index in [1.165, 1.54) is 18.2 Å². The summed E-state index contributed by atoms with van der Waals surface area (Å²) >= 11 is 0. The molecule has 0 aliphatic heterocycles. The van der Waals surface area contributed by atoms with Crippen LogP contribution in [0.15, 0.2) is 24.3 Å². The number of benzene rings is 1. The predicted molar refractivity (Wildman–Crippen MR) is 49.0 cm³/mol. The molecular formula is C9H7NO5. The maximum Gasteiger partial charge on any atom is 0.317 e. The molecule has 0 aliphatic carbocycles. The van der Waals surface area contributed by atoms with Crippen LogP contribution >= 0.6 is 0 Å². The molecule has 15 heavy (non-hydrogen) atoms. The van der Waals surface area contributed by atoms with Crippen LogP contribution in [0.3, 0.4) is 0 Å². The summed E-state index contributed by atoms with van der Waals surface area (Å²) in [5.41, 5.74) is 0.322. The van der Waals surface area contributed by atoms with Gasteiger partial charge in [0.25, 0.3) is 5.69 Å². The monoisotopic (exact) mass is 209 g/mol. The van der Waals surface area contributed by atoms with Crippen molar-refractivity contribution in [1.82, 2.24) is 0 Å². The van der Waals surface area contributed by atoms with E-state index in [0.717, 1.165) is 0 Å². The number of hydrogen-bond acceptors (Lipinski definition) is 5. The molecule has 0 bridgehead atoms. The van der Waals surface area contributed by atoms with E-state index in [0.29, 0.717) is 5.56 Å². The van der Waals surface area contributed by atoms with Crippen LogP contribution in [0.2, 0.25) is 0 Å². The van der Waals surface area contributed by atoms with Gasteiger partial charge in [0.2, 0.25) is 0 Å². The molecule has 0 heterocycles. The van der Waals surface area contributed by atoms with E-state index in [4.69, 9.17) is 0 Å². The van der Waals surface area contributed by atoms with Crippen molar-refractivity contribution in [1.29, 1.82) is 0 Å². The van der Waals surface area contributed by atoms with Gasteiger partial charge < -0.3 is 4.74 Å². The molecule has 6 heteroatoms. The second-order valence-electron chi connectivity index (χ2n) is 2.69. The standard InChI is InChI=1S/C9H7NO5/c11-6-15-9(12)5-7-2-1-3-8(4-7)10(13)14/h1-4,6H,5H2. The van der Waals surface area contributed by atoms with Gasteiger partial charge in [0.15, 0.2) is 0 Å². The SMILES string of the molecule is O=COC(=O)Cc1cccc([N+](=O)[O-])c1. The number of nitrogens with zero attached hydrogens (tertiary/aromatic N) is 1. The minimum Gasteiger partial charge on any atom is -0.395 e. The molecule has 0 saturated heterocycles. The zero-order valence-corrected chi connectivity index (χ0v) is 7.58. The zero-order chi connectivity index (χ0) is 11.3. The summed E-state index contributed by atoms with van der Waals surface area (Å²) in [6, 6.07) is 5.57. The average Bonchev–Trinajstić information content (AvgIpc) is 2.18. The van der Waals surface area contributed by atoms with Crippen molar-refractivity contribution in [3.63, 3.8) is 0 Å². The van der Waals surface area contributed by atoms with Gasteiger partial charge in [-0.2, -0.15) is 0 Å². The lowest BCUT2D eigenvalue weighted by atomic mass is 10.1. The largest absolute Gasteiger partial charge is 0.395 e. The highest BCUT2D eigenvalue weighted by atomic mass is 16.6. The molecule has 0 spiro atoms. The Labute approximate surface area is 84.6 Å². The van der Waals surface area contributed by atoms with Crippen molar-refractivity contribution < 1.29 is 19.2 Å². The van der Waals surface area contributed by atoms with Gasteiger partial charge in [-0.25, -0.2) is 0 Å². The van der Waals surface area contributed by atoms with Crippen LogP contribution in [-0.2, 0) is 20.7 Å². The summed E-state index contributed by atoms with van der Waals surface area (Å²) in [5.74, 6) is -0.745. The number of carbonyl (C=O) groups excluding carboxylic acids is 2. The smallest absolute Gasteiger partial charge is 0.317 e.